The van der Waals surface area contributed by atoms with Crippen LogP contribution >= 0.6 is 0 Å². The largest absolute Gasteiger partial charge is 0.491 e. The minimum atomic E-state index is -0.517. The van der Waals surface area contributed by atoms with Gasteiger partial charge < -0.3 is 25.4 Å². The summed E-state index contributed by atoms with van der Waals surface area (Å²) in [6, 6.07) is 9.93. The van der Waals surface area contributed by atoms with Crippen LogP contribution in [0, 0.1) is 5.82 Å². The summed E-state index contributed by atoms with van der Waals surface area (Å²) in [4.78, 5) is 32.1. The lowest BCUT2D eigenvalue weighted by atomic mass is 10.2. The van der Waals surface area contributed by atoms with Gasteiger partial charge in [-0.25, -0.2) is 14.4 Å². The summed E-state index contributed by atoms with van der Waals surface area (Å²) in [5.41, 5.74) is 1.58. The fourth-order valence-corrected chi connectivity index (χ4v) is 3.17. The van der Waals surface area contributed by atoms with Crippen LogP contribution in [0.3, 0.4) is 0 Å². The van der Waals surface area contributed by atoms with Gasteiger partial charge in [-0.3, -0.25) is 9.59 Å². The first kappa shape index (κ1) is 22.4. The van der Waals surface area contributed by atoms with Crippen LogP contribution in [0.5, 0.6) is 5.75 Å². The number of anilines is 3. The Morgan fingerprint density at radius 3 is 2.55 bits per heavy atom. The van der Waals surface area contributed by atoms with Crippen molar-refractivity contribution in [1.82, 2.24) is 15.3 Å². The number of carbonyl (C=O) groups is 2. The van der Waals surface area contributed by atoms with Gasteiger partial charge in [0.2, 0.25) is 11.8 Å². The highest BCUT2D eigenvalue weighted by molar-refractivity contribution is 6.03. The van der Waals surface area contributed by atoms with E-state index < -0.39 is 5.82 Å². The van der Waals surface area contributed by atoms with Crippen LogP contribution in [-0.4, -0.2) is 48.1 Å². The molecule has 9 nitrogen and oxygen atoms in total. The molecule has 1 heterocycles. The molecule has 0 radical (unpaired) electrons. The van der Waals surface area contributed by atoms with Crippen molar-refractivity contribution >= 4 is 39.9 Å². The average Bonchev–Trinajstić information content (AvgIpc) is 3.59. The molecule has 1 aliphatic rings. The standard InChI is InChI=1S/C23H24FN5O4/c1-32-8-9-33-17-10-18(24)22-19(11-17)25-13-26-23(22)29-16-6-4-15(5-7-16)28-21(31)12-20(30)27-14-2-3-14/h4-7,10-11,13-14H,2-3,8-9,12H2,1H3,(H,27,30)(H,28,31)(H,25,26,29). The van der Waals surface area contributed by atoms with Gasteiger partial charge in [0.25, 0.3) is 0 Å². The maximum absolute atomic E-state index is 14.8. The zero-order chi connectivity index (χ0) is 23.2. The predicted octanol–water partition coefficient (Wildman–Crippen LogP) is 3.14. The fourth-order valence-electron chi connectivity index (χ4n) is 3.17. The van der Waals surface area contributed by atoms with Crippen molar-refractivity contribution in [2.24, 2.45) is 0 Å². The maximum atomic E-state index is 14.8. The summed E-state index contributed by atoms with van der Waals surface area (Å²) in [6.45, 7) is 0.687. The van der Waals surface area contributed by atoms with Crippen LogP contribution in [0.1, 0.15) is 19.3 Å². The minimum absolute atomic E-state index is 0.216. The highest BCUT2D eigenvalue weighted by Gasteiger charge is 2.24. The summed E-state index contributed by atoms with van der Waals surface area (Å²) < 4.78 is 25.2. The third-order valence-electron chi connectivity index (χ3n) is 4.91. The molecule has 3 aromatic rings. The van der Waals surface area contributed by atoms with E-state index in [1.807, 2.05) is 0 Å². The topological polar surface area (TPSA) is 114 Å². The van der Waals surface area contributed by atoms with E-state index in [9.17, 15) is 14.0 Å². The van der Waals surface area contributed by atoms with Gasteiger partial charge >= 0.3 is 0 Å². The zero-order valence-electron chi connectivity index (χ0n) is 18.1. The van der Waals surface area contributed by atoms with Crippen molar-refractivity contribution in [2.75, 3.05) is 31.0 Å². The Bertz CT molecular complexity index is 1150. The Labute approximate surface area is 189 Å². The third kappa shape index (κ3) is 6.13. The molecule has 10 heteroatoms. The SMILES string of the molecule is COCCOc1cc(F)c2c(Nc3ccc(NC(=O)CC(=O)NC4CC4)cc3)ncnc2c1. The summed E-state index contributed by atoms with van der Waals surface area (Å²) >= 11 is 0. The average molecular weight is 453 g/mol. The van der Waals surface area contributed by atoms with Gasteiger partial charge in [0.15, 0.2) is 0 Å². The van der Waals surface area contributed by atoms with Crippen LogP contribution in [0.15, 0.2) is 42.7 Å². The molecule has 0 spiro atoms. The van der Waals surface area contributed by atoms with Gasteiger partial charge in [-0.05, 0) is 37.1 Å². The van der Waals surface area contributed by atoms with E-state index in [0.717, 1.165) is 12.8 Å². The molecule has 4 rings (SSSR count). The number of aromatic nitrogens is 2. The number of fused-ring (bicyclic) bond motifs is 1. The Balaban J connectivity index is 1.41. The van der Waals surface area contributed by atoms with Crippen LogP contribution < -0.4 is 20.7 Å². The maximum Gasteiger partial charge on any atom is 0.233 e. The number of nitrogens with zero attached hydrogens (tertiary/aromatic N) is 2. The molecule has 33 heavy (non-hydrogen) atoms. The second-order valence-corrected chi connectivity index (χ2v) is 7.63. The number of amides is 2. The predicted molar refractivity (Wildman–Crippen MR) is 121 cm³/mol. The first-order chi connectivity index (χ1) is 16.0. The first-order valence-corrected chi connectivity index (χ1v) is 10.5. The number of carbonyl (C=O) groups excluding carboxylic acids is 2. The van der Waals surface area contributed by atoms with E-state index in [1.54, 1.807) is 37.4 Å². The van der Waals surface area contributed by atoms with E-state index in [1.165, 1.54) is 12.4 Å². The monoisotopic (exact) mass is 453 g/mol. The lowest BCUT2D eigenvalue weighted by Gasteiger charge is -2.12. The van der Waals surface area contributed by atoms with Gasteiger partial charge in [-0.2, -0.15) is 0 Å². The second kappa shape index (κ2) is 10.2. The number of rotatable bonds is 10. The molecule has 0 unspecified atom stereocenters. The lowest BCUT2D eigenvalue weighted by Crippen LogP contribution is -2.29. The van der Waals surface area contributed by atoms with Crippen LogP contribution in [0.25, 0.3) is 10.9 Å². The molecule has 1 saturated carbocycles. The third-order valence-corrected chi connectivity index (χ3v) is 4.91. The summed E-state index contributed by atoms with van der Waals surface area (Å²) in [5.74, 6) is -0.530. The number of nitrogens with one attached hydrogen (secondary N) is 3. The molecule has 0 atom stereocenters. The van der Waals surface area contributed by atoms with Crippen molar-refractivity contribution in [3.63, 3.8) is 0 Å². The molecular formula is C23H24FN5O4. The van der Waals surface area contributed by atoms with E-state index >= 15 is 0 Å². The van der Waals surface area contributed by atoms with Gasteiger partial charge in [-0.15, -0.1) is 0 Å². The molecule has 172 valence electrons. The van der Waals surface area contributed by atoms with Crippen LogP contribution in [0.2, 0.25) is 0 Å². The highest BCUT2D eigenvalue weighted by atomic mass is 19.1. The van der Waals surface area contributed by atoms with Gasteiger partial charge in [-0.1, -0.05) is 0 Å². The molecule has 1 fully saturated rings. The summed E-state index contributed by atoms with van der Waals surface area (Å²) in [6.07, 6.45) is 3.05. The van der Waals surface area contributed by atoms with Gasteiger partial charge in [0, 0.05) is 36.7 Å². The van der Waals surface area contributed by atoms with Crippen LogP contribution in [0.4, 0.5) is 21.6 Å². The molecule has 1 aromatic heterocycles. The normalized spacial score (nSPS) is 12.9. The fraction of sp³-hybridized carbons (Fsp3) is 0.304. The number of ether oxygens (including phenoxy) is 2. The Kier molecular flexibility index (Phi) is 6.94. The second-order valence-electron chi connectivity index (χ2n) is 7.63. The zero-order valence-corrected chi connectivity index (χ0v) is 18.1. The summed E-state index contributed by atoms with van der Waals surface area (Å²) in [7, 11) is 1.56. The quantitative estimate of drug-likeness (QED) is 0.319. The van der Waals surface area contributed by atoms with E-state index in [-0.39, 0.29) is 29.7 Å². The van der Waals surface area contributed by atoms with E-state index in [4.69, 9.17) is 9.47 Å². The van der Waals surface area contributed by atoms with Crippen molar-refractivity contribution < 1.29 is 23.5 Å². The highest BCUT2D eigenvalue weighted by Crippen LogP contribution is 2.29. The molecule has 0 aliphatic heterocycles. The smallest absolute Gasteiger partial charge is 0.233 e. The summed E-state index contributed by atoms with van der Waals surface area (Å²) in [5, 5.41) is 8.77. The minimum Gasteiger partial charge on any atom is -0.491 e. The number of hydrogen-bond donors (Lipinski definition) is 3. The molecular weight excluding hydrogens is 429 g/mol. The van der Waals surface area contributed by atoms with Crippen molar-refractivity contribution in [3.05, 3.63) is 48.5 Å². The Hall–Kier alpha value is -3.79. The molecule has 0 saturated heterocycles. The molecule has 0 bridgehead atoms. The number of methoxy groups -OCH3 is 1. The van der Waals surface area contributed by atoms with Crippen molar-refractivity contribution in [2.45, 2.75) is 25.3 Å². The molecule has 2 amide bonds. The lowest BCUT2D eigenvalue weighted by molar-refractivity contribution is -0.126. The first-order valence-electron chi connectivity index (χ1n) is 10.5. The number of hydrogen-bond acceptors (Lipinski definition) is 7. The van der Waals surface area contributed by atoms with Crippen molar-refractivity contribution in [1.29, 1.82) is 0 Å². The van der Waals surface area contributed by atoms with Crippen molar-refractivity contribution in [3.8, 4) is 5.75 Å². The number of halogens is 1. The number of benzene rings is 2. The van der Waals surface area contributed by atoms with E-state index in [2.05, 4.69) is 25.9 Å². The molecule has 3 N–H and O–H groups in total. The van der Waals surface area contributed by atoms with Gasteiger partial charge in [0.1, 0.15) is 36.7 Å². The van der Waals surface area contributed by atoms with Gasteiger partial charge in [0.05, 0.1) is 17.5 Å². The molecule has 2 aromatic carbocycles. The Morgan fingerprint density at radius 1 is 1.06 bits per heavy atom. The van der Waals surface area contributed by atoms with Crippen LogP contribution in [-0.2, 0) is 14.3 Å². The molecule has 1 aliphatic carbocycles. The van der Waals surface area contributed by atoms with E-state index in [0.29, 0.717) is 41.7 Å². The Morgan fingerprint density at radius 2 is 1.82 bits per heavy atom.